The molecule has 0 radical (unpaired) electrons. The summed E-state index contributed by atoms with van der Waals surface area (Å²) >= 11 is 0. The highest BCUT2D eigenvalue weighted by Crippen LogP contribution is 2.11. The average molecular weight is 242 g/mol. The SMILES string of the molecule is CCOc1ccc(NCCc2ccccc2)cn1. The van der Waals surface area contributed by atoms with Gasteiger partial charge in [0, 0.05) is 12.6 Å². The standard InChI is InChI=1S/C15H18N2O/c1-2-18-15-9-8-14(12-17-15)16-11-10-13-6-4-3-5-7-13/h3-9,12,16H,2,10-11H2,1H3. The van der Waals surface area contributed by atoms with Crippen molar-refractivity contribution in [2.75, 3.05) is 18.5 Å². The van der Waals surface area contributed by atoms with Crippen molar-refractivity contribution < 1.29 is 4.74 Å². The van der Waals surface area contributed by atoms with Gasteiger partial charge in [0.2, 0.25) is 5.88 Å². The molecule has 0 bridgehead atoms. The Labute approximate surface area is 108 Å². The van der Waals surface area contributed by atoms with E-state index in [-0.39, 0.29) is 0 Å². The molecule has 18 heavy (non-hydrogen) atoms. The molecule has 0 aliphatic heterocycles. The molecule has 0 aliphatic rings. The van der Waals surface area contributed by atoms with Crippen LogP contribution in [-0.4, -0.2) is 18.1 Å². The molecule has 3 heteroatoms. The Morgan fingerprint density at radius 3 is 2.61 bits per heavy atom. The van der Waals surface area contributed by atoms with Gasteiger partial charge < -0.3 is 10.1 Å². The van der Waals surface area contributed by atoms with Gasteiger partial charge in [-0.05, 0) is 25.0 Å². The van der Waals surface area contributed by atoms with Gasteiger partial charge in [0.05, 0.1) is 18.5 Å². The molecule has 2 aromatic rings. The third-order valence-electron chi connectivity index (χ3n) is 2.61. The molecule has 1 aromatic heterocycles. The first-order chi connectivity index (χ1) is 8.88. The second-order valence-electron chi connectivity index (χ2n) is 3.98. The van der Waals surface area contributed by atoms with Gasteiger partial charge in [0.15, 0.2) is 0 Å². The minimum absolute atomic E-state index is 0.647. The lowest BCUT2D eigenvalue weighted by molar-refractivity contribution is 0.327. The number of aromatic nitrogens is 1. The summed E-state index contributed by atoms with van der Waals surface area (Å²) in [6.45, 7) is 3.50. The average Bonchev–Trinajstić information content (AvgIpc) is 2.42. The van der Waals surface area contributed by atoms with Crippen molar-refractivity contribution in [2.24, 2.45) is 0 Å². The number of pyridine rings is 1. The summed E-state index contributed by atoms with van der Waals surface area (Å²) < 4.78 is 5.30. The molecule has 2 rings (SSSR count). The van der Waals surface area contributed by atoms with Crippen molar-refractivity contribution in [3.63, 3.8) is 0 Å². The van der Waals surface area contributed by atoms with Crippen LogP contribution in [0.25, 0.3) is 0 Å². The molecule has 0 amide bonds. The smallest absolute Gasteiger partial charge is 0.213 e. The number of ether oxygens (including phenoxy) is 1. The van der Waals surface area contributed by atoms with E-state index in [1.807, 2.05) is 25.1 Å². The van der Waals surface area contributed by atoms with E-state index in [1.54, 1.807) is 6.20 Å². The molecular formula is C15H18N2O. The Bertz CT molecular complexity index is 454. The predicted molar refractivity (Wildman–Crippen MR) is 74.0 cm³/mol. The van der Waals surface area contributed by atoms with Crippen molar-refractivity contribution in [2.45, 2.75) is 13.3 Å². The molecule has 0 unspecified atom stereocenters. The molecule has 0 fully saturated rings. The summed E-state index contributed by atoms with van der Waals surface area (Å²) in [5.41, 5.74) is 2.36. The lowest BCUT2D eigenvalue weighted by Gasteiger charge is -2.07. The van der Waals surface area contributed by atoms with Crippen LogP contribution in [0, 0.1) is 0 Å². The van der Waals surface area contributed by atoms with Crippen LogP contribution in [-0.2, 0) is 6.42 Å². The normalized spacial score (nSPS) is 10.1. The summed E-state index contributed by atoms with van der Waals surface area (Å²) in [5.74, 6) is 0.672. The molecule has 0 atom stereocenters. The molecular weight excluding hydrogens is 224 g/mol. The lowest BCUT2D eigenvalue weighted by Crippen LogP contribution is -2.05. The third kappa shape index (κ3) is 3.77. The van der Waals surface area contributed by atoms with Crippen molar-refractivity contribution in [1.29, 1.82) is 0 Å². The van der Waals surface area contributed by atoms with Crippen molar-refractivity contribution in [3.8, 4) is 5.88 Å². The second-order valence-corrected chi connectivity index (χ2v) is 3.98. The highest BCUT2D eigenvalue weighted by molar-refractivity contribution is 5.42. The van der Waals surface area contributed by atoms with Gasteiger partial charge in [-0.15, -0.1) is 0 Å². The van der Waals surface area contributed by atoms with Crippen LogP contribution in [0.5, 0.6) is 5.88 Å². The van der Waals surface area contributed by atoms with Crippen molar-refractivity contribution >= 4 is 5.69 Å². The largest absolute Gasteiger partial charge is 0.478 e. The maximum atomic E-state index is 5.30. The van der Waals surface area contributed by atoms with E-state index in [1.165, 1.54) is 5.56 Å². The topological polar surface area (TPSA) is 34.1 Å². The Balaban J connectivity index is 1.80. The molecule has 1 heterocycles. The van der Waals surface area contributed by atoms with Gasteiger partial charge in [-0.1, -0.05) is 30.3 Å². The number of rotatable bonds is 6. The first-order valence-electron chi connectivity index (χ1n) is 6.25. The Morgan fingerprint density at radius 2 is 1.94 bits per heavy atom. The van der Waals surface area contributed by atoms with E-state index in [0.29, 0.717) is 12.5 Å². The summed E-state index contributed by atoms with van der Waals surface area (Å²) in [5, 5.41) is 3.34. The molecule has 3 nitrogen and oxygen atoms in total. The van der Waals surface area contributed by atoms with E-state index in [0.717, 1.165) is 18.7 Å². The zero-order valence-electron chi connectivity index (χ0n) is 10.6. The molecule has 1 aromatic carbocycles. The quantitative estimate of drug-likeness (QED) is 0.845. The van der Waals surface area contributed by atoms with Crippen LogP contribution in [0.3, 0.4) is 0 Å². The van der Waals surface area contributed by atoms with E-state index < -0.39 is 0 Å². The van der Waals surface area contributed by atoms with Crippen molar-refractivity contribution in [1.82, 2.24) is 4.98 Å². The number of nitrogens with zero attached hydrogens (tertiary/aromatic N) is 1. The van der Waals surface area contributed by atoms with Crippen LogP contribution in [0.1, 0.15) is 12.5 Å². The Morgan fingerprint density at radius 1 is 1.11 bits per heavy atom. The Hall–Kier alpha value is -2.03. The number of hydrogen-bond donors (Lipinski definition) is 1. The lowest BCUT2D eigenvalue weighted by atomic mass is 10.1. The minimum atomic E-state index is 0.647. The van der Waals surface area contributed by atoms with Gasteiger partial charge in [-0.25, -0.2) is 4.98 Å². The number of hydrogen-bond acceptors (Lipinski definition) is 3. The van der Waals surface area contributed by atoms with E-state index in [4.69, 9.17) is 4.74 Å². The Kier molecular flexibility index (Phi) is 4.59. The molecule has 0 saturated carbocycles. The molecule has 94 valence electrons. The zero-order chi connectivity index (χ0) is 12.6. The van der Waals surface area contributed by atoms with Crippen LogP contribution in [0.15, 0.2) is 48.7 Å². The first kappa shape index (κ1) is 12.4. The summed E-state index contributed by atoms with van der Waals surface area (Å²) in [6, 6.07) is 14.3. The fraction of sp³-hybridized carbons (Fsp3) is 0.267. The maximum Gasteiger partial charge on any atom is 0.213 e. The van der Waals surface area contributed by atoms with Gasteiger partial charge in [0.25, 0.3) is 0 Å². The number of benzene rings is 1. The molecule has 1 N–H and O–H groups in total. The second kappa shape index (κ2) is 6.64. The zero-order valence-corrected chi connectivity index (χ0v) is 10.6. The van der Waals surface area contributed by atoms with Gasteiger partial charge in [0.1, 0.15) is 0 Å². The molecule has 0 spiro atoms. The van der Waals surface area contributed by atoms with E-state index in [2.05, 4.69) is 34.6 Å². The fourth-order valence-corrected chi connectivity index (χ4v) is 1.71. The maximum absolute atomic E-state index is 5.30. The van der Waals surface area contributed by atoms with Crippen LogP contribution < -0.4 is 10.1 Å². The highest BCUT2D eigenvalue weighted by Gasteiger charge is 1.96. The van der Waals surface area contributed by atoms with Gasteiger partial charge in [-0.2, -0.15) is 0 Å². The number of anilines is 1. The predicted octanol–water partition coefficient (Wildman–Crippen LogP) is 3.13. The molecule has 0 saturated heterocycles. The van der Waals surface area contributed by atoms with Gasteiger partial charge >= 0.3 is 0 Å². The van der Waals surface area contributed by atoms with Crippen LogP contribution >= 0.6 is 0 Å². The van der Waals surface area contributed by atoms with Gasteiger partial charge in [-0.3, -0.25) is 0 Å². The van der Waals surface area contributed by atoms with E-state index in [9.17, 15) is 0 Å². The number of nitrogens with one attached hydrogen (secondary N) is 1. The fourth-order valence-electron chi connectivity index (χ4n) is 1.71. The van der Waals surface area contributed by atoms with Crippen LogP contribution in [0.4, 0.5) is 5.69 Å². The highest BCUT2D eigenvalue weighted by atomic mass is 16.5. The summed E-state index contributed by atoms with van der Waals surface area (Å²) in [6.07, 6.45) is 2.81. The monoisotopic (exact) mass is 242 g/mol. The third-order valence-corrected chi connectivity index (χ3v) is 2.61. The summed E-state index contributed by atoms with van der Waals surface area (Å²) in [7, 11) is 0. The van der Waals surface area contributed by atoms with Crippen molar-refractivity contribution in [3.05, 3.63) is 54.2 Å². The van der Waals surface area contributed by atoms with Crippen LogP contribution in [0.2, 0.25) is 0 Å². The van der Waals surface area contributed by atoms with E-state index >= 15 is 0 Å². The summed E-state index contributed by atoms with van der Waals surface area (Å²) in [4.78, 5) is 4.21. The molecule has 0 aliphatic carbocycles. The first-order valence-corrected chi connectivity index (χ1v) is 6.25. The minimum Gasteiger partial charge on any atom is -0.478 e.